The summed E-state index contributed by atoms with van der Waals surface area (Å²) in [5, 5.41) is 8.00. The molecule has 0 aliphatic rings. The van der Waals surface area contributed by atoms with E-state index in [9.17, 15) is 12.8 Å². The summed E-state index contributed by atoms with van der Waals surface area (Å²) in [4.78, 5) is -0.128. The maximum absolute atomic E-state index is 12.8. The Kier molecular flexibility index (Phi) is 4.24. The van der Waals surface area contributed by atoms with Crippen molar-refractivity contribution in [1.82, 2.24) is 4.72 Å². The second-order valence-electron chi connectivity index (χ2n) is 2.88. The minimum atomic E-state index is -3.72. The summed E-state index contributed by atoms with van der Waals surface area (Å²) in [6.45, 7) is 0.00777. The van der Waals surface area contributed by atoms with E-state index in [-0.39, 0.29) is 22.9 Å². The largest absolute Gasteiger partial charge is 0.240 e. The highest BCUT2D eigenvalue weighted by Gasteiger charge is 2.14. The molecule has 86 valence electrons. The quantitative estimate of drug-likeness (QED) is 0.839. The molecule has 0 aliphatic carbocycles. The summed E-state index contributed by atoms with van der Waals surface area (Å²) in [7, 11) is -3.72. The molecule has 0 radical (unpaired) electrons. The molecule has 1 rings (SSSR count). The number of benzene rings is 1. The third kappa shape index (κ3) is 3.17. The molecule has 1 aromatic carbocycles. The summed E-state index contributed by atoms with van der Waals surface area (Å²) < 4.78 is 38.1. The van der Waals surface area contributed by atoms with Gasteiger partial charge >= 0.3 is 0 Å². The van der Waals surface area contributed by atoms with Crippen LogP contribution >= 0.6 is 11.6 Å². The molecule has 0 fully saturated rings. The molecule has 0 saturated heterocycles. The van der Waals surface area contributed by atoms with Gasteiger partial charge in [0.25, 0.3) is 0 Å². The fourth-order valence-electron chi connectivity index (χ4n) is 0.969. The van der Waals surface area contributed by atoms with Crippen LogP contribution in [0.15, 0.2) is 23.1 Å². The molecule has 0 saturated carbocycles. The molecule has 0 aliphatic heterocycles. The molecule has 4 nitrogen and oxygen atoms in total. The monoisotopic (exact) mass is 262 g/mol. The fourth-order valence-corrected chi connectivity index (χ4v) is 2.27. The Bertz CT molecular complexity index is 525. The van der Waals surface area contributed by atoms with Gasteiger partial charge in [0.2, 0.25) is 10.0 Å². The van der Waals surface area contributed by atoms with E-state index in [2.05, 4.69) is 4.72 Å². The van der Waals surface area contributed by atoms with E-state index < -0.39 is 15.8 Å². The number of nitriles is 1. The number of hydrogen-bond donors (Lipinski definition) is 1. The minimum Gasteiger partial charge on any atom is -0.210 e. The minimum absolute atomic E-state index is 0.00777. The second-order valence-corrected chi connectivity index (χ2v) is 5.06. The van der Waals surface area contributed by atoms with E-state index >= 15 is 0 Å². The SMILES string of the molecule is N#CCCNS(=O)(=O)c1ccc(F)c(Cl)c1. The Hall–Kier alpha value is -1.16. The van der Waals surface area contributed by atoms with E-state index in [0.29, 0.717) is 0 Å². The first kappa shape index (κ1) is 12.9. The van der Waals surface area contributed by atoms with Gasteiger partial charge in [-0.1, -0.05) is 11.6 Å². The number of sulfonamides is 1. The van der Waals surface area contributed by atoms with Crippen molar-refractivity contribution in [3.63, 3.8) is 0 Å². The van der Waals surface area contributed by atoms with Crippen molar-refractivity contribution in [3.05, 3.63) is 29.0 Å². The van der Waals surface area contributed by atoms with Crippen molar-refractivity contribution >= 4 is 21.6 Å². The highest BCUT2D eigenvalue weighted by molar-refractivity contribution is 7.89. The number of hydrogen-bond acceptors (Lipinski definition) is 3. The fraction of sp³-hybridized carbons (Fsp3) is 0.222. The Morgan fingerprint density at radius 2 is 2.19 bits per heavy atom. The van der Waals surface area contributed by atoms with Gasteiger partial charge < -0.3 is 0 Å². The number of nitrogens with one attached hydrogen (secondary N) is 1. The maximum Gasteiger partial charge on any atom is 0.240 e. The predicted octanol–water partition coefficient (Wildman–Crippen LogP) is 1.67. The van der Waals surface area contributed by atoms with Gasteiger partial charge in [-0.2, -0.15) is 5.26 Å². The number of nitrogens with zero attached hydrogens (tertiary/aromatic N) is 1. The lowest BCUT2D eigenvalue weighted by atomic mass is 10.3. The first-order valence-electron chi connectivity index (χ1n) is 4.29. The average molecular weight is 263 g/mol. The van der Waals surface area contributed by atoms with E-state index in [0.717, 1.165) is 18.2 Å². The van der Waals surface area contributed by atoms with Crippen LogP contribution in [-0.4, -0.2) is 15.0 Å². The molecule has 1 aromatic rings. The van der Waals surface area contributed by atoms with Crippen LogP contribution < -0.4 is 4.72 Å². The van der Waals surface area contributed by atoms with Crippen molar-refractivity contribution in [2.45, 2.75) is 11.3 Å². The van der Waals surface area contributed by atoms with E-state index in [1.165, 1.54) is 0 Å². The van der Waals surface area contributed by atoms with Crippen LogP contribution in [0.5, 0.6) is 0 Å². The molecule has 0 unspecified atom stereocenters. The van der Waals surface area contributed by atoms with Crippen LogP contribution in [0.4, 0.5) is 4.39 Å². The zero-order valence-electron chi connectivity index (χ0n) is 8.07. The zero-order valence-corrected chi connectivity index (χ0v) is 9.65. The second kappa shape index (κ2) is 5.25. The van der Waals surface area contributed by atoms with Gasteiger partial charge in [-0.3, -0.25) is 0 Å². The molecule has 0 aromatic heterocycles. The lowest BCUT2D eigenvalue weighted by Gasteiger charge is -2.05. The van der Waals surface area contributed by atoms with Crippen LogP contribution in [0.3, 0.4) is 0 Å². The lowest BCUT2D eigenvalue weighted by molar-refractivity contribution is 0.581. The molecule has 0 amide bonds. The highest BCUT2D eigenvalue weighted by atomic mass is 35.5. The van der Waals surface area contributed by atoms with Crippen LogP contribution in [0, 0.1) is 17.1 Å². The first-order chi connectivity index (χ1) is 7.47. The molecule has 1 N–H and O–H groups in total. The van der Waals surface area contributed by atoms with Gasteiger partial charge in [0.15, 0.2) is 0 Å². The third-order valence-corrected chi connectivity index (χ3v) is 3.48. The van der Waals surface area contributed by atoms with Crippen LogP contribution in [0.1, 0.15) is 6.42 Å². The lowest BCUT2D eigenvalue weighted by Crippen LogP contribution is -2.24. The molecule has 0 bridgehead atoms. The summed E-state index contributed by atoms with van der Waals surface area (Å²) in [6, 6.07) is 4.90. The molecular weight excluding hydrogens is 255 g/mol. The molecule has 16 heavy (non-hydrogen) atoms. The van der Waals surface area contributed by atoms with Crippen LogP contribution in [-0.2, 0) is 10.0 Å². The summed E-state index contributed by atoms with van der Waals surface area (Å²) in [5.41, 5.74) is 0. The smallest absolute Gasteiger partial charge is 0.210 e. The number of halogens is 2. The van der Waals surface area contributed by atoms with Crippen LogP contribution in [0.25, 0.3) is 0 Å². The van der Waals surface area contributed by atoms with Crippen molar-refractivity contribution in [2.24, 2.45) is 0 Å². The molecular formula is C9H8ClFN2O2S. The normalized spacial score (nSPS) is 11.1. The van der Waals surface area contributed by atoms with Gasteiger partial charge in [-0.05, 0) is 18.2 Å². The van der Waals surface area contributed by atoms with E-state index in [1.807, 2.05) is 0 Å². The maximum atomic E-state index is 12.8. The van der Waals surface area contributed by atoms with Gasteiger partial charge in [0.1, 0.15) is 5.82 Å². The standard InChI is InChI=1S/C9H8ClFN2O2S/c10-8-6-7(2-3-9(8)11)16(14,15)13-5-1-4-12/h2-3,6,13H,1,5H2. The average Bonchev–Trinajstić information content (AvgIpc) is 2.22. The van der Waals surface area contributed by atoms with Crippen LogP contribution in [0.2, 0.25) is 5.02 Å². The van der Waals surface area contributed by atoms with Crippen molar-refractivity contribution in [2.75, 3.05) is 6.54 Å². The van der Waals surface area contributed by atoms with Crippen molar-refractivity contribution < 1.29 is 12.8 Å². The van der Waals surface area contributed by atoms with Gasteiger partial charge in [0.05, 0.1) is 16.0 Å². The van der Waals surface area contributed by atoms with Crippen molar-refractivity contribution in [3.8, 4) is 6.07 Å². The third-order valence-electron chi connectivity index (χ3n) is 1.73. The molecule has 7 heteroatoms. The first-order valence-corrected chi connectivity index (χ1v) is 6.15. The van der Waals surface area contributed by atoms with Gasteiger partial charge in [-0.25, -0.2) is 17.5 Å². The van der Waals surface area contributed by atoms with Gasteiger partial charge in [-0.15, -0.1) is 0 Å². The molecule has 0 spiro atoms. The van der Waals surface area contributed by atoms with Gasteiger partial charge in [0, 0.05) is 13.0 Å². The summed E-state index contributed by atoms with van der Waals surface area (Å²) in [6.07, 6.45) is 0.0636. The molecule has 0 atom stereocenters. The highest BCUT2D eigenvalue weighted by Crippen LogP contribution is 2.19. The predicted molar refractivity (Wildman–Crippen MR) is 56.8 cm³/mol. The topological polar surface area (TPSA) is 70.0 Å². The zero-order chi connectivity index (χ0) is 12.2. The Labute approximate surface area is 97.7 Å². The summed E-state index contributed by atoms with van der Waals surface area (Å²) >= 11 is 5.46. The van der Waals surface area contributed by atoms with E-state index in [4.69, 9.17) is 16.9 Å². The summed E-state index contributed by atoms with van der Waals surface area (Å²) in [5.74, 6) is -0.683. The Morgan fingerprint density at radius 3 is 2.75 bits per heavy atom. The Balaban J connectivity index is 2.91. The van der Waals surface area contributed by atoms with Crippen molar-refractivity contribution in [1.29, 1.82) is 5.26 Å². The van der Waals surface area contributed by atoms with E-state index in [1.54, 1.807) is 6.07 Å². The Morgan fingerprint density at radius 1 is 1.50 bits per heavy atom. The number of rotatable bonds is 4. The molecule has 0 heterocycles.